The monoisotopic (exact) mass is 662 g/mol. The van der Waals surface area contributed by atoms with Gasteiger partial charge in [-0.1, -0.05) is 152 Å². The van der Waals surface area contributed by atoms with Gasteiger partial charge < -0.3 is 9.47 Å². The van der Waals surface area contributed by atoms with Crippen LogP contribution in [0.5, 0.6) is 0 Å². The van der Waals surface area contributed by atoms with E-state index in [1.54, 1.807) is 0 Å². The van der Waals surface area contributed by atoms with Crippen molar-refractivity contribution in [2.45, 2.75) is 0 Å². The summed E-state index contributed by atoms with van der Waals surface area (Å²) in [5.41, 5.74) is 11.7. The molecule has 2 nitrogen and oxygen atoms in total. The Labute approximate surface area is 303 Å². The molecule has 1 aromatic heterocycles. The van der Waals surface area contributed by atoms with Gasteiger partial charge in [-0.3, -0.25) is 0 Å². The van der Waals surface area contributed by atoms with E-state index in [1.165, 1.54) is 65.6 Å². The number of hydrogen-bond acceptors (Lipinski definition) is 1. The highest BCUT2D eigenvalue weighted by Crippen LogP contribution is 2.43. The fraction of sp³-hybridized carbons (Fsp3) is 0. The third-order valence-corrected chi connectivity index (χ3v) is 10.3. The number of para-hydroxylation sites is 1. The third kappa shape index (κ3) is 5.04. The normalized spacial score (nSPS) is 11.5. The van der Waals surface area contributed by atoms with Crippen LogP contribution in [0.4, 0.5) is 17.1 Å². The number of aromatic nitrogens is 1. The van der Waals surface area contributed by atoms with Crippen LogP contribution >= 0.6 is 0 Å². The lowest BCUT2D eigenvalue weighted by atomic mass is 9.97. The summed E-state index contributed by atoms with van der Waals surface area (Å²) in [6.45, 7) is 0. The average molecular weight is 663 g/mol. The molecule has 0 saturated heterocycles. The summed E-state index contributed by atoms with van der Waals surface area (Å²) in [7, 11) is 0. The maximum Gasteiger partial charge on any atom is 0.0619 e. The SMILES string of the molecule is c1ccc(-c2ccc(N(c3cccc(-c4cccc5c4c4ccc6ccccc6c4n5-c4ccccc4)c3)c3ccc4ccccc4c3)cc2)cc1. The Kier molecular flexibility index (Phi) is 7.18. The molecular weight excluding hydrogens is 629 g/mol. The Morgan fingerprint density at radius 2 is 0.962 bits per heavy atom. The van der Waals surface area contributed by atoms with E-state index >= 15 is 0 Å². The summed E-state index contributed by atoms with van der Waals surface area (Å²) < 4.78 is 2.44. The first-order valence-electron chi connectivity index (χ1n) is 17.9. The van der Waals surface area contributed by atoms with Gasteiger partial charge in [-0.25, -0.2) is 0 Å². The van der Waals surface area contributed by atoms with E-state index in [2.05, 4.69) is 216 Å². The molecule has 52 heavy (non-hydrogen) atoms. The number of fused-ring (bicyclic) bond motifs is 6. The molecule has 0 unspecified atom stereocenters. The Morgan fingerprint density at radius 1 is 0.346 bits per heavy atom. The zero-order valence-corrected chi connectivity index (χ0v) is 28.5. The lowest BCUT2D eigenvalue weighted by molar-refractivity contribution is 1.19. The van der Waals surface area contributed by atoms with E-state index in [4.69, 9.17) is 0 Å². The summed E-state index contributed by atoms with van der Waals surface area (Å²) in [6, 6.07) is 74.7. The molecule has 10 aromatic rings. The highest BCUT2D eigenvalue weighted by Gasteiger charge is 2.20. The maximum absolute atomic E-state index is 2.44. The zero-order chi connectivity index (χ0) is 34.4. The van der Waals surface area contributed by atoms with E-state index in [1.807, 2.05) is 0 Å². The predicted molar refractivity (Wildman–Crippen MR) is 221 cm³/mol. The molecule has 0 amide bonds. The minimum atomic E-state index is 1.11. The minimum absolute atomic E-state index is 1.11. The van der Waals surface area contributed by atoms with Gasteiger partial charge in [0.05, 0.1) is 11.0 Å². The van der Waals surface area contributed by atoms with Gasteiger partial charge >= 0.3 is 0 Å². The molecule has 0 saturated carbocycles. The topological polar surface area (TPSA) is 8.17 Å². The van der Waals surface area contributed by atoms with Gasteiger partial charge in [-0.05, 0) is 93.0 Å². The second-order valence-corrected chi connectivity index (χ2v) is 13.4. The van der Waals surface area contributed by atoms with Crippen LogP contribution < -0.4 is 4.90 Å². The molecule has 0 spiro atoms. The molecule has 0 atom stereocenters. The highest BCUT2D eigenvalue weighted by molar-refractivity contribution is 6.22. The Balaban J connectivity index is 1.18. The van der Waals surface area contributed by atoms with E-state index in [0.29, 0.717) is 0 Å². The quantitative estimate of drug-likeness (QED) is 0.172. The number of hydrogen-bond donors (Lipinski definition) is 0. The molecular formula is C50H34N2. The number of rotatable bonds is 6. The first kappa shape index (κ1) is 30.0. The van der Waals surface area contributed by atoms with Crippen molar-refractivity contribution < 1.29 is 0 Å². The minimum Gasteiger partial charge on any atom is -0.310 e. The fourth-order valence-corrected chi connectivity index (χ4v) is 7.92. The van der Waals surface area contributed by atoms with Crippen molar-refractivity contribution in [1.82, 2.24) is 4.57 Å². The van der Waals surface area contributed by atoms with Gasteiger partial charge in [0.2, 0.25) is 0 Å². The van der Waals surface area contributed by atoms with Crippen molar-refractivity contribution in [1.29, 1.82) is 0 Å². The van der Waals surface area contributed by atoms with Crippen LogP contribution in [0.15, 0.2) is 206 Å². The van der Waals surface area contributed by atoms with Crippen molar-refractivity contribution in [3.05, 3.63) is 206 Å². The molecule has 0 N–H and O–H groups in total. The first-order valence-corrected chi connectivity index (χ1v) is 17.9. The lowest BCUT2D eigenvalue weighted by Gasteiger charge is -2.26. The second kappa shape index (κ2) is 12.5. The van der Waals surface area contributed by atoms with Crippen LogP contribution in [-0.4, -0.2) is 4.57 Å². The van der Waals surface area contributed by atoms with Crippen LogP contribution in [0.25, 0.3) is 71.3 Å². The molecule has 0 aliphatic rings. The second-order valence-electron chi connectivity index (χ2n) is 13.4. The Bertz CT molecular complexity index is 2890. The van der Waals surface area contributed by atoms with E-state index < -0.39 is 0 Å². The van der Waals surface area contributed by atoms with Gasteiger partial charge in [0.15, 0.2) is 0 Å². The average Bonchev–Trinajstić information content (AvgIpc) is 3.57. The number of nitrogens with zero attached hydrogens (tertiary/aromatic N) is 2. The van der Waals surface area contributed by atoms with Gasteiger partial charge in [0, 0.05) is 38.9 Å². The summed E-state index contributed by atoms with van der Waals surface area (Å²) >= 11 is 0. The smallest absolute Gasteiger partial charge is 0.0619 e. The van der Waals surface area contributed by atoms with E-state index in [0.717, 1.165) is 22.7 Å². The first-order chi connectivity index (χ1) is 25.8. The van der Waals surface area contributed by atoms with Crippen LogP contribution in [0.3, 0.4) is 0 Å². The molecule has 9 aromatic carbocycles. The molecule has 1 heterocycles. The molecule has 0 aliphatic carbocycles. The Hall–Kier alpha value is -6.90. The molecule has 244 valence electrons. The van der Waals surface area contributed by atoms with Crippen molar-refractivity contribution >= 4 is 60.4 Å². The Morgan fingerprint density at radius 3 is 1.79 bits per heavy atom. The van der Waals surface area contributed by atoms with Crippen molar-refractivity contribution in [2.24, 2.45) is 0 Å². The van der Waals surface area contributed by atoms with Gasteiger partial charge in [-0.2, -0.15) is 0 Å². The number of anilines is 3. The molecule has 2 heteroatoms. The molecule has 10 rings (SSSR count). The molecule has 0 bridgehead atoms. The fourth-order valence-electron chi connectivity index (χ4n) is 7.92. The third-order valence-electron chi connectivity index (χ3n) is 10.3. The molecule has 0 aliphatic heterocycles. The summed E-state index contributed by atoms with van der Waals surface area (Å²) in [5.74, 6) is 0. The molecule has 0 fully saturated rings. The standard InChI is InChI=1S/C50H34N2/c1-3-13-35(14-4-1)37-25-29-42(30-26-37)51(44-31-27-36-15-7-8-17-39(36)33-44)43-21-11-18-40(34-43)45-23-12-24-48-49(45)47-32-28-38-16-9-10-22-46(38)50(47)52(48)41-19-5-2-6-20-41/h1-34H. The van der Waals surface area contributed by atoms with Gasteiger partial charge in [0.1, 0.15) is 0 Å². The van der Waals surface area contributed by atoms with Crippen LogP contribution in [-0.2, 0) is 0 Å². The molecule has 0 radical (unpaired) electrons. The zero-order valence-electron chi connectivity index (χ0n) is 28.5. The van der Waals surface area contributed by atoms with E-state index in [-0.39, 0.29) is 0 Å². The van der Waals surface area contributed by atoms with Crippen LogP contribution in [0.1, 0.15) is 0 Å². The number of benzene rings is 9. The largest absolute Gasteiger partial charge is 0.310 e. The van der Waals surface area contributed by atoms with Gasteiger partial charge in [0.25, 0.3) is 0 Å². The summed E-state index contributed by atoms with van der Waals surface area (Å²) in [6.07, 6.45) is 0. The lowest BCUT2D eigenvalue weighted by Crippen LogP contribution is -2.10. The summed E-state index contributed by atoms with van der Waals surface area (Å²) in [4.78, 5) is 2.38. The van der Waals surface area contributed by atoms with Crippen molar-refractivity contribution in [3.63, 3.8) is 0 Å². The van der Waals surface area contributed by atoms with Crippen LogP contribution in [0, 0.1) is 0 Å². The van der Waals surface area contributed by atoms with Crippen molar-refractivity contribution in [3.8, 4) is 27.9 Å². The summed E-state index contributed by atoms with van der Waals surface area (Å²) in [5, 5.41) is 7.44. The predicted octanol–water partition coefficient (Wildman–Crippen LogP) is 13.9. The highest BCUT2D eigenvalue weighted by atomic mass is 15.1. The maximum atomic E-state index is 2.44. The van der Waals surface area contributed by atoms with Crippen LogP contribution in [0.2, 0.25) is 0 Å². The van der Waals surface area contributed by atoms with Crippen molar-refractivity contribution in [2.75, 3.05) is 4.90 Å². The van der Waals surface area contributed by atoms with Gasteiger partial charge in [-0.15, -0.1) is 0 Å². The van der Waals surface area contributed by atoms with E-state index in [9.17, 15) is 0 Å².